The van der Waals surface area contributed by atoms with E-state index < -0.39 is 47.7 Å². The average Bonchev–Trinajstić information content (AvgIpc) is 3.35. The van der Waals surface area contributed by atoms with E-state index in [-0.39, 0.29) is 62.0 Å². The van der Waals surface area contributed by atoms with Crippen LogP contribution in [0.4, 0.5) is 0 Å². The van der Waals surface area contributed by atoms with Gasteiger partial charge in [0.1, 0.15) is 36.2 Å². The summed E-state index contributed by atoms with van der Waals surface area (Å²) in [7, 11) is 0. The van der Waals surface area contributed by atoms with Crippen LogP contribution in [0.25, 0.3) is 0 Å². The average molecular weight is 945 g/mol. The molecule has 3 aliphatic rings. The number of benzene rings is 2. The lowest BCUT2D eigenvalue weighted by Gasteiger charge is -2.27. The lowest BCUT2D eigenvalue weighted by atomic mass is 9.82. The van der Waals surface area contributed by atoms with Crippen LogP contribution in [0.2, 0.25) is 0 Å². The first-order valence-electron chi connectivity index (χ1n) is 23.6. The molecule has 16 nitrogen and oxygen atoms in total. The number of carbonyl (C=O) groups is 8. The number of hydrogen-bond donors (Lipinski definition) is 0. The van der Waals surface area contributed by atoms with Gasteiger partial charge in [0.25, 0.3) is 0 Å². The van der Waals surface area contributed by atoms with E-state index in [2.05, 4.69) is 13.2 Å². The molecular formula is C52H64O16. The van der Waals surface area contributed by atoms with Crippen molar-refractivity contribution in [2.24, 2.45) is 35.5 Å². The second-order valence-corrected chi connectivity index (χ2v) is 17.7. The summed E-state index contributed by atoms with van der Waals surface area (Å²) in [6.07, 6.45) is 8.84. The first-order chi connectivity index (χ1) is 32.6. The Balaban J connectivity index is 1.01. The van der Waals surface area contributed by atoms with E-state index in [1.807, 2.05) is 0 Å². The molecule has 0 N–H and O–H groups in total. The molecule has 3 fully saturated rings. The topological polar surface area (TPSA) is 210 Å². The van der Waals surface area contributed by atoms with Crippen LogP contribution in [0.15, 0.2) is 49.6 Å². The predicted octanol–water partition coefficient (Wildman–Crippen LogP) is 7.99. The van der Waals surface area contributed by atoms with Crippen molar-refractivity contribution in [2.45, 2.75) is 118 Å². The monoisotopic (exact) mass is 944 g/mol. The third-order valence-electron chi connectivity index (χ3n) is 13.3. The van der Waals surface area contributed by atoms with Gasteiger partial charge in [0.05, 0.1) is 48.7 Å². The van der Waals surface area contributed by atoms with Gasteiger partial charge in [-0.1, -0.05) is 13.2 Å². The molecule has 68 heavy (non-hydrogen) atoms. The van der Waals surface area contributed by atoms with Crippen LogP contribution in [0.5, 0.6) is 23.0 Å². The lowest BCUT2D eigenvalue weighted by Crippen LogP contribution is -2.31. The third kappa shape index (κ3) is 14.8. The fourth-order valence-electron chi connectivity index (χ4n) is 8.63. The predicted molar refractivity (Wildman–Crippen MR) is 244 cm³/mol. The molecule has 0 bridgehead atoms. The zero-order chi connectivity index (χ0) is 49.3. The molecule has 0 aliphatic heterocycles. The summed E-state index contributed by atoms with van der Waals surface area (Å²) in [5.41, 5.74) is 2.61. The number of rotatable bonds is 20. The van der Waals surface area contributed by atoms with Gasteiger partial charge in [-0.05, 0) is 164 Å². The van der Waals surface area contributed by atoms with Crippen molar-refractivity contribution in [1.82, 2.24) is 0 Å². The maximum absolute atomic E-state index is 13.3. The van der Waals surface area contributed by atoms with Crippen LogP contribution >= 0.6 is 0 Å². The van der Waals surface area contributed by atoms with Crippen molar-refractivity contribution in [3.8, 4) is 23.0 Å². The molecule has 2 aromatic carbocycles. The van der Waals surface area contributed by atoms with E-state index >= 15 is 0 Å². The second kappa shape index (κ2) is 25.7. The van der Waals surface area contributed by atoms with Crippen molar-refractivity contribution in [3.05, 3.63) is 71.8 Å². The number of hydrogen-bond acceptors (Lipinski definition) is 16. The largest absolute Gasteiger partial charge is 0.465 e. The van der Waals surface area contributed by atoms with E-state index in [0.29, 0.717) is 135 Å². The Bertz CT molecular complexity index is 2180. The summed E-state index contributed by atoms with van der Waals surface area (Å²) in [4.78, 5) is 100. The molecular weight excluding hydrogens is 881 g/mol. The molecule has 0 amide bonds. The number of esters is 8. The molecule has 0 aromatic heterocycles. The molecule has 5 rings (SSSR count). The van der Waals surface area contributed by atoms with Crippen LogP contribution < -0.4 is 18.9 Å². The number of ether oxygens (including phenoxy) is 8. The van der Waals surface area contributed by atoms with Crippen molar-refractivity contribution < 1.29 is 76.3 Å². The second-order valence-electron chi connectivity index (χ2n) is 17.7. The van der Waals surface area contributed by atoms with E-state index in [1.54, 1.807) is 52.0 Å². The van der Waals surface area contributed by atoms with Gasteiger partial charge in [-0.25, -0.2) is 9.59 Å². The molecule has 3 saturated carbocycles. The fraction of sp³-hybridized carbons (Fsp3) is 0.538. The maximum Gasteiger partial charge on any atom is 0.330 e. The highest BCUT2D eigenvalue weighted by molar-refractivity contribution is 5.82. The van der Waals surface area contributed by atoms with Gasteiger partial charge in [-0.15, -0.1) is 0 Å². The molecule has 3 aliphatic carbocycles. The summed E-state index contributed by atoms with van der Waals surface area (Å²) in [5, 5.41) is 0. The van der Waals surface area contributed by atoms with E-state index in [4.69, 9.17) is 37.9 Å². The highest BCUT2D eigenvalue weighted by Crippen LogP contribution is 2.38. The fourth-order valence-corrected chi connectivity index (χ4v) is 8.63. The molecule has 2 aromatic rings. The summed E-state index contributed by atoms with van der Waals surface area (Å²) in [5.74, 6) is -4.14. The van der Waals surface area contributed by atoms with E-state index in [0.717, 1.165) is 12.2 Å². The quantitative estimate of drug-likeness (QED) is 0.0405. The standard InChI is InChI=1S/C52H64O16/c1-7-45(53)61-27-9-10-28-63-47(55)35-11-15-37(16-12-35)49(57)65-41-23-25-43(33(5)31(41)3)67-51(59)39-19-21-40(22-20-39)52(60)68-44-26-24-42(32(4)34(44)6)66-50(58)38-17-13-36(14-18-38)48(56)64-30-29-62-46(54)8-2/h7-8,23-26,35-40H,1-2,9-22,27-30H2,3-6H3. The molecule has 0 saturated heterocycles. The van der Waals surface area contributed by atoms with Crippen molar-refractivity contribution in [3.63, 3.8) is 0 Å². The molecule has 0 radical (unpaired) electrons. The molecule has 368 valence electrons. The number of unbranched alkanes of at least 4 members (excludes halogenated alkanes) is 1. The Morgan fingerprint density at radius 1 is 0.382 bits per heavy atom. The minimum atomic E-state index is -0.595. The van der Waals surface area contributed by atoms with Gasteiger partial charge in [0.15, 0.2) is 0 Å². The Labute approximate surface area is 397 Å². The Hall–Kier alpha value is -6.32. The minimum absolute atomic E-state index is 0.0536. The minimum Gasteiger partial charge on any atom is -0.465 e. The SMILES string of the molecule is C=CC(=O)OCCCCOC(=O)C1CCC(C(=O)Oc2ccc(OC(=O)C3CCC(C(=O)Oc4ccc(OC(=O)C5CCC(C(=O)OCCOC(=O)C=C)CC5)c(C)c4C)CC3)c(C)c2C)CC1. The van der Waals surface area contributed by atoms with Crippen molar-refractivity contribution in [1.29, 1.82) is 0 Å². The van der Waals surface area contributed by atoms with Crippen LogP contribution in [0.3, 0.4) is 0 Å². The van der Waals surface area contributed by atoms with Gasteiger partial charge in [-0.3, -0.25) is 28.8 Å². The maximum atomic E-state index is 13.3. The summed E-state index contributed by atoms with van der Waals surface area (Å²) >= 11 is 0. The first kappa shape index (κ1) is 52.6. The van der Waals surface area contributed by atoms with Gasteiger partial charge >= 0.3 is 47.8 Å². The van der Waals surface area contributed by atoms with E-state index in [1.165, 1.54) is 0 Å². The zero-order valence-electron chi connectivity index (χ0n) is 39.6. The van der Waals surface area contributed by atoms with E-state index in [9.17, 15) is 38.4 Å². The summed E-state index contributed by atoms with van der Waals surface area (Å²) in [6, 6.07) is 6.44. The highest BCUT2D eigenvalue weighted by atomic mass is 16.6. The molecule has 0 unspecified atom stereocenters. The van der Waals surface area contributed by atoms with Crippen LogP contribution in [0.1, 0.15) is 112 Å². The van der Waals surface area contributed by atoms with Crippen LogP contribution in [-0.4, -0.2) is 74.2 Å². The Morgan fingerprint density at radius 2 is 0.603 bits per heavy atom. The zero-order valence-corrected chi connectivity index (χ0v) is 39.6. The molecule has 16 heteroatoms. The van der Waals surface area contributed by atoms with Gasteiger partial charge in [0.2, 0.25) is 0 Å². The number of carbonyl (C=O) groups excluding carboxylic acids is 8. The van der Waals surface area contributed by atoms with Crippen molar-refractivity contribution >= 4 is 47.8 Å². The molecule has 0 atom stereocenters. The smallest absolute Gasteiger partial charge is 0.330 e. The van der Waals surface area contributed by atoms with Crippen LogP contribution in [0, 0.1) is 63.2 Å². The normalized spacial score (nSPS) is 21.2. The van der Waals surface area contributed by atoms with Gasteiger partial charge < -0.3 is 37.9 Å². The summed E-state index contributed by atoms with van der Waals surface area (Å²) < 4.78 is 43.6. The van der Waals surface area contributed by atoms with Crippen molar-refractivity contribution in [2.75, 3.05) is 26.4 Å². The molecule has 0 spiro atoms. The third-order valence-corrected chi connectivity index (χ3v) is 13.3. The lowest BCUT2D eigenvalue weighted by molar-refractivity contribution is -0.155. The Morgan fingerprint density at radius 3 is 0.882 bits per heavy atom. The first-order valence-corrected chi connectivity index (χ1v) is 23.6. The van der Waals surface area contributed by atoms with Crippen LogP contribution in [-0.2, 0) is 57.3 Å². The summed E-state index contributed by atoms with van der Waals surface area (Å²) in [6.45, 7) is 14.1. The Kier molecular flexibility index (Phi) is 19.9. The van der Waals surface area contributed by atoms with Gasteiger partial charge in [-0.2, -0.15) is 0 Å². The van der Waals surface area contributed by atoms with Gasteiger partial charge in [0, 0.05) is 12.2 Å². The highest BCUT2D eigenvalue weighted by Gasteiger charge is 2.35. The molecule has 0 heterocycles.